The van der Waals surface area contributed by atoms with Crippen molar-refractivity contribution in [2.45, 2.75) is 0 Å². The highest BCUT2D eigenvalue weighted by molar-refractivity contribution is 7.25. The van der Waals surface area contributed by atoms with Gasteiger partial charge in [0, 0.05) is 36.3 Å². The number of furan rings is 1. The number of hydrogen-bond acceptors (Lipinski definition) is 2. The Bertz CT molecular complexity index is 3790. The van der Waals surface area contributed by atoms with Gasteiger partial charge in [-0.05, 0) is 112 Å². The van der Waals surface area contributed by atoms with E-state index in [0.29, 0.717) is 0 Å². The molecule has 2 heteroatoms. The quantitative estimate of drug-likeness (QED) is 0.129. The van der Waals surface area contributed by atoms with Crippen LogP contribution in [-0.4, -0.2) is 0 Å². The highest BCUT2D eigenvalue weighted by Crippen LogP contribution is 2.47. The Morgan fingerprint density at radius 1 is 0.293 bits per heavy atom. The topological polar surface area (TPSA) is 13.1 Å². The largest absolute Gasteiger partial charge is 0.455 e. The van der Waals surface area contributed by atoms with Gasteiger partial charge in [-0.2, -0.15) is 0 Å². The normalized spacial score (nSPS) is 12.1. The minimum Gasteiger partial charge on any atom is -0.455 e. The zero-order chi connectivity index (χ0) is 37.9. The summed E-state index contributed by atoms with van der Waals surface area (Å²) < 4.78 is 9.38. The second-order valence-corrected chi connectivity index (χ2v) is 16.6. The first-order valence-corrected chi connectivity index (χ1v) is 20.7. The standard InChI is InChI=1S/C56H32OS/c1-2-12-38-34(11-1)27-30-49-54(38)55-42-15-4-3-13-39(42)48-31-36(25-29-47(48)56(55)57-49)33-21-23-35(24-22-33)52-43-16-5-7-18-45(43)53(46-19-8-6-17-44(46)52)37-26-28-41-40-14-9-10-20-50(40)58-51(41)32-37/h1-32H. The summed E-state index contributed by atoms with van der Waals surface area (Å²) >= 11 is 1.88. The molecule has 0 spiro atoms. The fraction of sp³-hybridized carbons (Fsp3) is 0. The molecule has 0 aliphatic heterocycles. The van der Waals surface area contributed by atoms with Crippen LogP contribution < -0.4 is 0 Å². The summed E-state index contributed by atoms with van der Waals surface area (Å²) in [5.41, 5.74) is 9.29. The zero-order valence-electron chi connectivity index (χ0n) is 31.3. The molecule has 58 heavy (non-hydrogen) atoms. The van der Waals surface area contributed by atoms with Gasteiger partial charge in [0.1, 0.15) is 11.2 Å². The minimum atomic E-state index is 0.927. The molecular weight excluding hydrogens is 721 g/mol. The summed E-state index contributed by atoms with van der Waals surface area (Å²) in [5.74, 6) is 0. The Kier molecular flexibility index (Phi) is 6.66. The van der Waals surface area contributed by atoms with Gasteiger partial charge >= 0.3 is 0 Å². The number of hydrogen-bond donors (Lipinski definition) is 0. The molecule has 0 saturated carbocycles. The predicted octanol–water partition coefficient (Wildman–Crippen LogP) is 16.7. The Labute approximate surface area is 337 Å². The molecule has 2 aromatic heterocycles. The molecule has 2 heterocycles. The second kappa shape index (κ2) is 12.1. The van der Waals surface area contributed by atoms with E-state index in [0.717, 1.165) is 16.6 Å². The third kappa shape index (κ3) is 4.52. The lowest BCUT2D eigenvalue weighted by Crippen LogP contribution is -1.91. The maximum absolute atomic E-state index is 6.73. The first-order valence-electron chi connectivity index (χ1n) is 19.9. The number of benzene rings is 11. The van der Waals surface area contributed by atoms with E-state index >= 15 is 0 Å². The van der Waals surface area contributed by atoms with Crippen LogP contribution in [0.15, 0.2) is 199 Å². The van der Waals surface area contributed by atoms with E-state index in [1.54, 1.807) is 0 Å². The summed E-state index contributed by atoms with van der Waals surface area (Å²) in [4.78, 5) is 0. The monoisotopic (exact) mass is 752 g/mol. The summed E-state index contributed by atoms with van der Waals surface area (Å²) in [6.45, 7) is 0. The van der Waals surface area contributed by atoms with Gasteiger partial charge < -0.3 is 4.42 Å². The van der Waals surface area contributed by atoms with Crippen LogP contribution in [0, 0.1) is 0 Å². The zero-order valence-corrected chi connectivity index (χ0v) is 32.1. The fourth-order valence-electron chi connectivity index (χ4n) is 9.86. The van der Waals surface area contributed by atoms with Crippen LogP contribution in [0.5, 0.6) is 0 Å². The van der Waals surface area contributed by atoms with E-state index in [-0.39, 0.29) is 0 Å². The molecule has 0 aliphatic carbocycles. The molecule has 0 saturated heterocycles. The van der Waals surface area contributed by atoms with Gasteiger partial charge in [-0.15, -0.1) is 11.3 Å². The van der Waals surface area contributed by atoms with E-state index < -0.39 is 0 Å². The van der Waals surface area contributed by atoms with Gasteiger partial charge in [-0.3, -0.25) is 0 Å². The number of rotatable bonds is 3. The van der Waals surface area contributed by atoms with Gasteiger partial charge in [-0.25, -0.2) is 0 Å². The molecular formula is C56H32OS. The maximum Gasteiger partial charge on any atom is 0.143 e. The Morgan fingerprint density at radius 3 is 1.57 bits per heavy atom. The van der Waals surface area contributed by atoms with Crippen molar-refractivity contribution in [3.63, 3.8) is 0 Å². The van der Waals surface area contributed by atoms with Crippen LogP contribution in [-0.2, 0) is 0 Å². The third-order valence-corrected chi connectivity index (χ3v) is 13.6. The van der Waals surface area contributed by atoms with Gasteiger partial charge in [0.15, 0.2) is 0 Å². The fourth-order valence-corrected chi connectivity index (χ4v) is 11.0. The van der Waals surface area contributed by atoms with Crippen molar-refractivity contribution in [3.05, 3.63) is 194 Å². The van der Waals surface area contributed by atoms with Crippen molar-refractivity contribution in [1.29, 1.82) is 0 Å². The van der Waals surface area contributed by atoms with Gasteiger partial charge in [0.2, 0.25) is 0 Å². The number of thiophene rings is 1. The minimum absolute atomic E-state index is 0.927. The molecule has 1 nitrogen and oxygen atoms in total. The van der Waals surface area contributed by atoms with E-state index in [1.807, 2.05) is 11.3 Å². The molecule has 0 unspecified atom stereocenters. The van der Waals surface area contributed by atoms with E-state index in [1.165, 1.54) is 113 Å². The summed E-state index contributed by atoms with van der Waals surface area (Å²) in [6.07, 6.45) is 0. The molecule has 13 aromatic rings. The maximum atomic E-state index is 6.73. The predicted molar refractivity (Wildman–Crippen MR) is 250 cm³/mol. The van der Waals surface area contributed by atoms with Crippen LogP contribution in [0.4, 0.5) is 0 Å². The average molecular weight is 753 g/mol. The molecule has 13 rings (SSSR count). The molecule has 11 aromatic carbocycles. The van der Waals surface area contributed by atoms with E-state index in [9.17, 15) is 0 Å². The first kappa shape index (κ1) is 31.9. The van der Waals surface area contributed by atoms with Crippen molar-refractivity contribution in [2.75, 3.05) is 0 Å². The van der Waals surface area contributed by atoms with Crippen molar-refractivity contribution in [1.82, 2.24) is 0 Å². The lowest BCUT2D eigenvalue weighted by atomic mass is 9.85. The summed E-state index contributed by atoms with van der Waals surface area (Å²) in [6, 6.07) is 71.4. The lowest BCUT2D eigenvalue weighted by Gasteiger charge is -2.18. The first-order chi connectivity index (χ1) is 28.8. The molecule has 0 N–H and O–H groups in total. The van der Waals surface area contributed by atoms with Crippen LogP contribution in [0.1, 0.15) is 0 Å². The van der Waals surface area contributed by atoms with Crippen molar-refractivity contribution in [2.24, 2.45) is 0 Å². The van der Waals surface area contributed by atoms with Gasteiger partial charge in [-0.1, -0.05) is 164 Å². The Hall–Kier alpha value is -7.26. The smallest absolute Gasteiger partial charge is 0.143 e. The lowest BCUT2D eigenvalue weighted by molar-refractivity contribution is 0.673. The highest BCUT2D eigenvalue weighted by Gasteiger charge is 2.20. The third-order valence-electron chi connectivity index (χ3n) is 12.4. The Balaban J connectivity index is 0.968. The molecule has 0 aliphatic rings. The molecule has 268 valence electrons. The summed E-state index contributed by atoms with van der Waals surface area (Å²) in [7, 11) is 0. The summed E-state index contributed by atoms with van der Waals surface area (Å²) in [5, 5.41) is 17.4. The molecule has 0 atom stereocenters. The van der Waals surface area contributed by atoms with E-state index in [4.69, 9.17) is 4.42 Å². The van der Waals surface area contributed by atoms with Crippen LogP contribution in [0.2, 0.25) is 0 Å². The molecule has 0 fully saturated rings. The SMILES string of the molecule is c1ccc2c(c1)ccc1oc3c4ccc(-c5ccc(-c6c7ccccc7c(-c7ccc8c(c7)sc7ccccc78)c7ccccc67)cc5)cc4c4ccccc4c3c12. The number of fused-ring (bicyclic) bond motifs is 15. The molecule has 0 bridgehead atoms. The Morgan fingerprint density at radius 2 is 0.828 bits per heavy atom. The molecule has 0 radical (unpaired) electrons. The van der Waals surface area contributed by atoms with Crippen molar-refractivity contribution in [3.8, 4) is 33.4 Å². The second-order valence-electron chi connectivity index (χ2n) is 15.5. The van der Waals surface area contributed by atoms with Crippen LogP contribution >= 0.6 is 11.3 Å². The van der Waals surface area contributed by atoms with Crippen molar-refractivity contribution >= 4 is 107 Å². The average Bonchev–Trinajstić information content (AvgIpc) is 3.87. The van der Waals surface area contributed by atoms with Crippen LogP contribution in [0.25, 0.3) is 129 Å². The van der Waals surface area contributed by atoms with E-state index in [2.05, 4.69) is 194 Å². The molecule has 0 amide bonds. The van der Waals surface area contributed by atoms with Gasteiger partial charge in [0.05, 0.1) is 0 Å². The van der Waals surface area contributed by atoms with Crippen molar-refractivity contribution < 1.29 is 4.42 Å². The van der Waals surface area contributed by atoms with Crippen LogP contribution in [0.3, 0.4) is 0 Å². The van der Waals surface area contributed by atoms with Gasteiger partial charge in [0.25, 0.3) is 0 Å². The highest BCUT2D eigenvalue weighted by atomic mass is 32.1.